The molecule has 0 fully saturated rings. The van der Waals surface area contributed by atoms with E-state index in [-0.39, 0.29) is 5.70 Å². The fourth-order valence-electron chi connectivity index (χ4n) is 0.580. The topological polar surface area (TPSA) is 101 Å². The van der Waals surface area contributed by atoms with Crippen molar-refractivity contribution in [3.05, 3.63) is 11.8 Å². The monoisotopic (exact) mass is 173 g/mol. The quantitative estimate of drug-likeness (QED) is 0.520. The second-order valence-corrected chi connectivity index (χ2v) is 2.25. The van der Waals surface area contributed by atoms with Gasteiger partial charge in [-0.25, -0.2) is 0 Å². The first kappa shape index (κ1) is 10.5. The zero-order chi connectivity index (χ0) is 9.72. The Morgan fingerprint density at radius 2 is 1.83 bits per heavy atom. The second kappa shape index (κ2) is 4.38. The minimum Gasteiger partial charge on any atom is -0.480 e. The highest BCUT2D eigenvalue weighted by Crippen LogP contribution is 2.03. The van der Waals surface area contributed by atoms with Crippen molar-refractivity contribution in [2.75, 3.05) is 0 Å². The van der Waals surface area contributed by atoms with Gasteiger partial charge in [-0.1, -0.05) is 6.92 Å². The molecule has 0 aliphatic carbocycles. The highest BCUT2D eigenvalue weighted by Gasteiger charge is 2.22. The number of rotatable bonds is 4. The van der Waals surface area contributed by atoms with Gasteiger partial charge < -0.3 is 15.9 Å². The lowest BCUT2D eigenvalue weighted by Crippen LogP contribution is -2.22. The Morgan fingerprint density at radius 3 is 2.08 bits per heavy atom. The average Bonchev–Trinajstić information content (AvgIpc) is 1.98. The molecule has 0 saturated carbocycles. The summed E-state index contributed by atoms with van der Waals surface area (Å²) in [5.74, 6) is -4.34. The lowest BCUT2D eigenvalue weighted by atomic mass is 10.1. The van der Waals surface area contributed by atoms with Gasteiger partial charge >= 0.3 is 11.9 Å². The van der Waals surface area contributed by atoms with Crippen LogP contribution >= 0.6 is 0 Å². The number of allylic oxidation sites excluding steroid dienone is 1. The normalized spacial score (nSPS) is 11.7. The van der Waals surface area contributed by atoms with Crippen LogP contribution in [0.3, 0.4) is 0 Å². The molecule has 0 amide bonds. The Labute approximate surface area is 69.5 Å². The van der Waals surface area contributed by atoms with Crippen LogP contribution in [0, 0.1) is 5.92 Å². The fourth-order valence-corrected chi connectivity index (χ4v) is 0.580. The minimum atomic E-state index is -1.54. The van der Waals surface area contributed by atoms with Crippen molar-refractivity contribution < 1.29 is 19.8 Å². The highest BCUT2D eigenvalue weighted by atomic mass is 16.4. The van der Waals surface area contributed by atoms with Crippen LogP contribution in [0.15, 0.2) is 11.8 Å². The van der Waals surface area contributed by atoms with Crippen molar-refractivity contribution in [3.8, 4) is 0 Å². The first-order valence-corrected chi connectivity index (χ1v) is 3.40. The summed E-state index contributed by atoms with van der Waals surface area (Å²) in [6.07, 6.45) is 1.47. The largest absolute Gasteiger partial charge is 0.480 e. The van der Waals surface area contributed by atoms with Gasteiger partial charge in [-0.2, -0.15) is 0 Å². The third kappa shape index (κ3) is 3.05. The van der Waals surface area contributed by atoms with E-state index in [1.54, 1.807) is 6.92 Å². The number of hydrogen-bond acceptors (Lipinski definition) is 3. The molecule has 68 valence electrons. The van der Waals surface area contributed by atoms with Crippen LogP contribution in [0.5, 0.6) is 0 Å². The zero-order valence-corrected chi connectivity index (χ0v) is 6.65. The number of carboxylic acids is 2. The fraction of sp³-hybridized carbons (Fsp3) is 0.429. The number of hydrogen-bond donors (Lipinski definition) is 3. The van der Waals surface area contributed by atoms with Gasteiger partial charge in [0.25, 0.3) is 0 Å². The van der Waals surface area contributed by atoms with Crippen LogP contribution in [0.25, 0.3) is 0 Å². The molecule has 0 aliphatic rings. The molecule has 0 bridgehead atoms. The van der Waals surface area contributed by atoms with E-state index in [4.69, 9.17) is 15.9 Å². The smallest absolute Gasteiger partial charge is 0.321 e. The lowest BCUT2D eigenvalue weighted by molar-refractivity contribution is -0.151. The summed E-state index contributed by atoms with van der Waals surface area (Å²) < 4.78 is 0. The maximum Gasteiger partial charge on any atom is 0.321 e. The maximum atomic E-state index is 10.3. The third-order valence-corrected chi connectivity index (χ3v) is 1.32. The Kier molecular flexibility index (Phi) is 3.82. The summed E-state index contributed by atoms with van der Waals surface area (Å²) in [4.78, 5) is 20.6. The van der Waals surface area contributed by atoms with Crippen molar-refractivity contribution in [3.63, 3.8) is 0 Å². The molecule has 0 unspecified atom stereocenters. The van der Waals surface area contributed by atoms with Crippen LogP contribution < -0.4 is 5.73 Å². The van der Waals surface area contributed by atoms with Gasteiger partial charge in [-0.05, 0) is 12.5 Å². The van der Waals surface area contributed by atoms with Crippen LogP contribution in [0.4, 0.5) is 0 Å². The van der Waals surface area contributed by atoms with Crippen molar-refractivity contribution in [1.29, 1.82) is 0 Å². The summed E-state index contributed by atoms with van der Waals surface area (Å²) in [6, 6.07) is 0. The van der Waals surface area contributed by atoms with Crippen LogP contribution in [-0.2, 0) is 9.59 Å². The molecular weight excluding hydrogens is 162 g/mol. The van der Waals surface area contributed by atoms with Gasteiger partial charge in [0.05, 0.1) is 0 Å². The molecule has 0 heterocycles. The first-order valence-electron chi connectivity index (χ1n) is 3.40. The SMILES string of the molecule is CCC(N)=CC(C(=O)O)C(=O)O. The van der Waals surface area contributed by atoms with Crippen LogP contribution in [-0.4, -0.2) is 22.2 Å². The predicted molar refractivity (Wildman–Crippen MR) is 41.3 cm³/mol. The standard InChI is InChI=1S/C7H11NO4/c1-2-4(8)3-5(6(9)10)7(11)12/h3,5H,2,8H2,1H3,(H,9,10)(H,11,12). The minimum absolute atomic E-state index is 0.268. The van der Waals surface area contributed by atoms with Crippen LogP contribution in [0.1, 0.15) is 13.3 Å². The second-order valence-electron chi connectivity index (χ2n) is 2.25. The molecule has 5 nitrogen and oxygen atoms in total. The average molecular weight is 173 g/mol. The number of carboxylic acid groups (broad SMARTS) is 2. The van der Waals surface area contributed by atoms with E-state index in [0.717, 1.165) is 6.08 Å². The molecule has 0 saturated heterocycles. The lowest BCUT2D eigenvalue weighted by Gasteiger charge is -2.02. The molecule has 12 heavy (non-hydrogen) atoms. The van der Waals surface area contributed by atoms with E-state index in [1.807, 2.05) is 0 Å². The molecular formula is C7H11NO4. The predicted octanol–water partition coefficient (Wildman–Crippen LogP) is 0.0244. The Morgan fingerprint density at radius 1 is 1.42 bits per heavy atom. The van der Waals surface area contributed by atoms with Crippen molar-refractivity contribution in [1.82, 2.24) is 0 Å². The van der Waals surface area contributed by atoms with E-state index in [9.17, 15) is 9.59 Å². The third-order valence-electron chi connectivity index (χ3n) is 1.32. The first-order chi connectivity index (χ1) is 5.49. The molecule has 0 aliphatic heterocycles. The Bertz CT molecular complexity index is 207. The van der Waals surface area contributed by atoms with Gasteiger partial charge in [-0.3, -0.25) is 9.59 Å². The molecule has 4 N–H and O–H groups in total. The van der Waals surface area contributed by atoms with E-state index in [1.165, 1.54) is 0 Å². The summed E-state index contributed by atoms with van der Waals surface area (Å²) >= 11 is 0. The Balaban J connectivity index is 4.54. The summed E-state index contributed by atoms with van der Waals surface area (Å²) in [7, 11) is 0. The van der Waals surface area contributed by atoms with Gasteiger partial charge in [-0.15, -0.1) is 0 Å². The Hall–Kier alpha value is -1.52. The summed E-state index contributed by atoms with van der Waals surface area (Å²) in [5, 5.41) is 16.8. The zero-order valence-electron chi connectivity index (χ0n) is 6.65. The van der Waals surface area contributed by atoms with Crippen molar-refractivity contribution in [2.24, 2.45) is 11.7 Å². The maximum absolute atomic E-state index is 10.3. The van der Waals surface area contributed by atoms with E-state index in [2.05, 4.69) is 0 Å². The van der Waals surface area contributed by atoms with Gasteiger partial charge in [0.15, 0.2) is 5.92 Å². The van der Waals surface area contributed by atoms with E-state index in [0.29, 0.717) is 6.42 Å². The number of carbonyl (C=O) groups is 2. The van der Waals surface area contributed by atoms with Crippen LogP contribution in [0.2, 0.25) is 0 Å². The van der Waals surface area contributed by atoms with Gasteiger partial charge in [0.1, 0.15) is 0 Å². The molecule has 0 spiro atoms. The number of nitrogens with two attached hydrogens (primary N) is 1. The number of aliphatic carboxylic acids is 2. The molecule has 5 heteroatoms. The van der Waals surface area contributed by atoms with Crippen molar-refractivity contribution in [2.45, 2.75) is 13.3 Å². The molecule has 0 atom stereocenters. The van der Waals surface area contributed by atoms with Crippen molar-refractivity contribution >= 4 is 11.9 Å². The van der Waals surface area contributed by atoms with Gasteiger partial charge in [0.2, 0.25) is 0 Å². The molecule has 0 aromatic heterocycles. The molecule has 0 radical (unpaired) electrons. The summed E-state index contributed by atoms with van der Waals surface area (Å²) in [6.45, 7) is 1.71. The summed E-state index contributed by atoms with van der Waals surface area (Å²) in [5.41, 5.74) is 5.55. The molecule has 0 aromatic rings. The van der Waals surface area contributed by atoms with Gasteiger partial charge in [0, 0.05) is 5.70 Å². The van der Waals surface area contributed by atoms with E-state index < -0.39 is 17.9 Å². The molecule has 0 rings (SSSR count). The van der Waals surface area contributed by atoms with E-state index >= 15 is 0 Å². The highest BCUT2D eigenvalue weighted by molar-refractivity contribution is 5.95. The molecule has 0 aromatic carbocycles.